The summed E-state index contributed by atoms with van der Waals surface area (Å²) in [6.07, 6.45) is 3.07. The van der Waals surface area contributed by atoms with Crippen molar-refractivity contribution in [2.75, 3.05) is 32.8 Å². The summed E-state index contributed by atoms with van der Waals surface area (Å²) in [5.41, 5.74) is 1.04. The van der Waals surface area contributed by atoms with Gasteiger partial charge in [-0.05, 0) is 24.8 Å². The molecule has 2 heterocycles. The largest absolute Gasteiger partial charge is 0.396 e. The van der Waals surface area contributed by atoms with Crippen molar-refractivity contribution in [3.63, 3.8) is 0 Å². The summed E-state index contributed by atoms with van der Waals surface area (Å²) < 4.78 is 0. The highest BCUT2D eigenvalue weighted by molar-refractivity contribution is 5.77. The Balaban J connectivity index is 1.55. The number of likely N-dealkylation sites (tertiary alicyclic amines) is 2. The minimum atomic E-state index is -0.221. The number of aliphatic hydroxyl groups is 1. The maximum Gasteiger partial charge on any atom is 0.222 e. The van der Waals surface area contributed by atoms with Gasteiger partial charge in [0.25, 0.3) is 0 Å². The Hall–Kier alpha value is -1.88. The molecule has 5 nitrogen and oxygen atoms in total. The fourth-order valence-corrected chi connectivity index (χ4v) is 4.26. The van der Waals surface area contributed by atoms with Crippen LogP contribution in [0.15, 0.2) is 30.3 Å². The smallest absolute Gasteiger partial charge is 0.222 e. The number of fused-ring (bicyclic) bond motifs is 1. The maximum atomic E-state index is 12.6. The fourth-order valence-electron chi connectivity index (χ4n) is 4.26. The van der Waals surface area contributed by atoms with Crippen LogP contribution in [0, 0.1) is 11.3 Å². The molecule has 2 atom stereocenters. The number of nitrogens with zero attached hydrogens (tertiary/aromatic N) is 2. The number of amides is 2. The van der Waals surface area contributed by atoms with E-state index in [1.165, 1.54) is 5.56 Å². The number of carbonyl (C=O) groups excluding carboxylic acids is 2. The minimum absolute atomic E-state index is 0.0826. The highest BCUT2D eigenvalue weighted by atomic mass is 16.3. The van der Waals surface area contributed by atoms with Crippen LogP contribution in [0.1, 0.15) is 31.7 Å². The first kappa shape index (κ1) is 17.9. The van der Waals surface area contributed by atoms with Crippen LogP contribution >= 0.6 is 0 Å². The molecule has 0 aliphatic carbocycles. The monoisotopic (exact) mass is 344 g/mol. The van der Waals surface area contributed by atoms with E-state index in [1.807, 2.05) is 28.0 Å². The first-order valence-corrected chi connectivity index (χ1v) is 9.22. The van der Waals surface area contributed by atoms with Crippen LogP contribution in [0.25, 0.3) is 0 Å². The highest BCUT2D eigenvalue weighted by Gasteiger charge is 2.50. The molecule has 2 amide bonds. The Morgan fingerprint density at radius 2 is 1.92 bits per heavy atom. The van der Waals surface area contributed by atoms with Crippen molar-refractivity contribution in [3.05, 3.63) is 35.9 Å². The molecule has 0 spiro atoms. The second-order valence-corrected chi connectivity index (χ2v) is 7.55. The zero-order valence-corrected chi connectivity index (χ0v) is 15.0. The van der Waals surface area contributed by atoms with Crippen LogP contribution in [0.5, 0.6) is 0 Å². The molecular weight excluding hydrogens is 316 g/mol. The molecule has 5 heteroatoms. The maximum absolute atomic E-state index is 12.6. The predicted octanol–water partition coefficient (Wildman–Crippen LogP) is 1.70. The van der Waals surface area contributed by atoms with Crippen LogP contribution in [0.4, 0.5) is 0 Å². The first-order chi connectivity index (χ1) is 12.0. The van der Waals surface area contributed by atoms with E-state index in [0.29, 0.717) is 32.6 Å². The van der Waals surface area contributed by atoms with Gasteiger partial charge in [0.2, 0.25) is 11.8 Å². The second-order valence-electron chi connectivity index (χ2n) is 7.55. The highest BCUT2D eigenvalue weighted by Crippen LogP contribution is 2.42. The van der Waals surface area contributed by atoms with Crippen molar-refractivity contribution in [2.24, 2.45) is 11.3 Å². The van der Waals surface area contributed by atoms with Crippen molar-refractivity contribution < 1.29 is 14.7 Å². The average Bonchev–Trinajstić information content (AvgIpc) is 3.02. The van der Waals surface area contributed by atoms with Gasteiger partial charge in [-0.15, -0.1) is 0 Å². The number of rotatable bonds is 5. The number of aliphatic hydroxyl groups excluding tert-OH is 1. The van der Waals surface area contributed by atoms with Gasteiger partial charge in [0, 0.05) is 50.9 Å². The summed E-state index contributed by atoms with van der Waals surface area (Å²) in [6, 6.07) is 10.2. The molecule has 0 aromatic heterocycles. The molecule has 1 N–H and O–H groups in total. The van der Waals surface area contributed by atoms with E-state index < -0.39 is 0 Å². The lowest BCUT2D eigenvalue weighted by molar-refractivity contribution is -0.133. The molecular formula is C20H28N2O3. The van der Waals surface area contributed by atoms with Crippen LogP contribution in [0.2, 0.25) is 0 Å². The molecule has 1 aromatic carbocycles. The Labute approximate surface area is 149 Å². The average molecular weight is 344 g/mol. The number of benzene rings is 1. The minimum Gasteiger partial charge on any atom is -0.396 e. The van der Waals surface area contributed by atoms with Crippen LogP contribution in [-0.4, -0.2) is 59.5 Å². The van der Waals surface area contributed by atoms with Crippen molar-refractivity contribution in [3.8, 4) is 0 Å². The van der Waals surface area contributed by atoms with Gasteiger partial charge in [-0.25, -0.2) is 0 Å². The lowest BCUT2D eigenvalue weighted by Crippen LogP contribution is -2.50. The van der Waals surface area contributed by atoms with E-state index in [4.69, 9.17) is 0 Å². The molecule has 2 saturated heterocycles. The van der Waals surface area contributed by atoms with E-state index in [0.717, 1.165) is 19.3 Å². The summed E-state index contributed by atoms with van der Waals surface area (Å²) in [4.78, 5) is 28.0. The summed E-state index contributed by atoms with van der Waals surface area (Å²) in [6.45, 7) is 4.31. The molecule has 2 fully saturated rings. The predicted molar refractivity (Wildman–Crippen MR) is 95.8 cm³/mol. The molecule has 25 heavy (non-hydrogen) atoms. The van der Waals surface area contributed by atoms with E-state index in [-0.39, 0.29) is 29.8 Å². The SMILES string of the molecule is CC(=O)N1CC[C@@]2(CO)CN(C(=O)CCCc3ccccc3)C[C@H]2C1. The molecule has 2 aliphatic rings. The number of hydrogen-bond donors (Lipinski definition) is 1. The van der Waals surface area contributed by atoms with Crippen molar-refractivity contribution in [1.82, 2.24) is 9.80 Å². The fraction of sp³-hybridized carbons (Fsp3) is 0.600. The molecule has 2 aliphatic heterocycles. The summed E-state index contributed by atoms with van der Waals surface area (Å²) >= 11 is 0. The third-order valence-corrected chi connectivity index (χ3v) is 5.94. The van der Waals surface area contributed by atoms with Crippen LogP contribution in [0.3, 0.4) is 0 Å². The Morgan fingerprint density at radius 3 is 2.60 bits per heavy atom. The van der Waals surface area contributed by atoms with Crippen LogP contribution in [-0.2, 0) is 16.0 Å². The van der Waals surface area contributed by atoms with Crippen molar-refractivity contribution in [2.45, 2.75) is 32.6 Å². The van der Waals surface area contributed by atoms with Gasteiger partial charge < -0.3 is 14.9 Å². The Kier molecular flexibility index (Phi) is 5.42. The van der Waals surface area contributed by atoms with Gasteiger partial charge in [0.05, 0.1) is 6.61 Å². The summed E-state index contributed by atoms with van der Waals surface area (Å²) in [5.74, 6) is 0.444. The van der Waals surface area contributed by atoms with Crippen molar-refractivity contribution in [1.29, 1.82) is 0 Å². The third kappa shape index (κ3) is 3.87. The van der Waals surface area contributed by atoms with Crippen LogP contribution < -0.4 is 0 Å². The zero-order valence-electron chi connectivity index (χ0n) is 15.0. The normalized spacial score (nSPS) is 25.8. The third-order valence-electron chi connectivity index (χ3n) is 5.94. The van der Waals surface area contributed by atoms with Crippen molar-refractivity contribution >= 4 is 11.8 Å². The molecule has 0 saturated carbocycles. The molecule has 0 unspecified atom stereocenters. The first-order valence-electron chi connectivity index (χ1n) is 9.22. The van der Waals surface area contributed by atoms with E-state index in [2.05, 4.69) is 12.1 Å². The van der Waals surface area contributed by atoms with E-state index in [9.17, 15) is 14.7 Å². The second kappa shape index (κ2) is 7.56. The number of piperidine rings is 1. The lowest BCUT2D eigenvalue weighted by Gasteiger charge is -2.41. The molecule has 136 valence electrons. The van der Waals surface area contributed by atoms with E-state index in [1.54, 1.807) is 6.92 Å². The summed E-state index contributed by atoms with van der Waals surface area (Å²) in [7, 11) is 0. The van der Waals surface area contributed by atoms with Gasteiger partial charge in [0.15, 0.2) is 0 Å². The van der Waals surface area contributed by atoms with Gasteiger partial charge in [-0.1, -0.05) is 30.3 Å². The zero-order chi connectivity index (χ0) is 17.9. The molecule has 3 rings (SSSR count). The van der Waals surface area contributed by atoms with Gasteiger partial charge in [-0.3, -0.25) is 9.59 Å². The van der Waals surface area contributed by atoms with Gasteiger partial charge in [-0.2, -0.15) is 0 Å². The Bertz CT molecular complexity index is 619. The number of hydrogen-bond acceptors (Lipinski definition) is 3. The van der Waals surface area contributed by atoms with Gasteiger partial charge >= 0.3 is 0 Å². The topological polar surface area (TPSA) is 60.9 Å². The van der Waals surface area contributed by atoms with E-state index >= 15 is 0 Å². The number of carbonyl (C=O) groups is 2. The Morgan fingerprint density at radius 1 is 1.20 bits per heavy atom. The van der Waals surface area contributed by atoms with Gasteiger partial charge in [0.1, 0.15) is 0 Å². The summed E-state index contributed by atoms with van der Waals surface area (Å²) in [5, 5.41) is 9.96. The molecule has 1 aromatic rings. The molecule has 0 radical (unpaired) electrons. The molecule has 0 bridgehead atoms. The lowest BCUT2D eigenvalue weighted by atomic mass is 9.73. The number of aryl methyl sites for hydroxylation is 1. The quantitative estimate of drug-likeness (QED) is 0.884. The standard InChI is InChI=1S/C20H28N2O3/c1-16(24)21-11-10-20(15-23)14-22(13-18(20)12-21)19(25)9-5-8-17-6-3-2-4-7-17/h2-4,6-7,18,23H,5,8-15H2,1H3/t18-,20+/m1/s1.